The molecule has 1 aromatic heterocycles. The van der Waals surface area contributed by atoms with E-state index in [2.05, 4.69) is 5.32 Å². The molecular weight excluding hydrogens is 471 g/mol. The molecule has 0 bridgehead atoms. The number of aryl methyl sites for hydroxylation is 1. The molecule has 0 saturated carbocycles. The summed E-state index contributed by atoms with van der Waals surface area (Å²) in [6.45, 7) is 4.00. The third-order valence-corrected chi connectivity index (χ3v) is 6.05. The van der Waals surface area contributed by atoms with Crippen LogP contribution in [0.1, 0.15) is 34.1 Å². The van der Waals surface area contributed by atoms with Gasteiger partial charge in [0.2, 0.25) is 0 Å². The van der Waals surface area contributed by atoms with Gasteiger partial charge in [-0.25, -0.2) is 9.18 Å². The third-order valence-electron chi connectivity index (χ3n) is 6.05. The Balaban J connectivity index is 1.61. The molecule has 1 N–H and O–H groups in total. The first kappa shape index (κ1) is 25.7. The van der Waals surface area contributed by atoms with Crippen molar-refractivity contribution >= 4 is 11.9 Å². The van der Waals surface area contributed by atoms with E-state index in [1.54, 1.807) is 26.2 Å². The van der Waals surface area contributed by atoms with Gasteiger partial charge in [0.05, 0.1) is 7.11 Å². The van der Waals surface area contributed by atoms with Gasteiger partial charge in [0, 0.05) is 18.3 Å². The topological polar surface area (TPSA) is 69.6 Å². The molecule has 0 spiro atoms. The Bertz CT molecular complexity index is 1360. The van der Waals surface area contributed by atoms with E-state index in [1.807, 2.05) is 72.3 Å². The number of carbonyl (C=O) groups is 2. The van der Waals surface area contributed by atoms with Gasteiger partial charge in [0.25, 0.3) is 5.91 Å². The summed E-state index contributed by atoms with van der Waals surface area (Å²) in [4.78, 5) is 26.2. The number of ether oxygens (including phenoxy) is 2. The van der Waals surface area contributed by atoms with Crippen LogP contribution in [0, 0.1) is 12.7 Å². The van der Waals surface area contributed by atoms with E-state index in [0.29, 0.717) is 18.0 Å². The monoisotopic (exact) mass is 500 g/mol. The van der Waals surface area contributed by atoms with E-state index >= 15 is 0 Å². The van der Waals surface area contributed by atoms with Gasteiger partial charge in [-0.3, -0.25) is 4.79 Å². The zero-order valence-electron chi connectivity index (χ0n) is 21.0. The average Bonchev–Trinajstić information content (AvgIpc) is 3.24. The fourth-order valence-corrected chi connectivity index (χ4v) is 4.15. The van der Waals surface area contributed by atoms with Gasteiger partial charge in [-0.15, -0.1) is 0 Å². The maximum absolute atomic E-state index is 13.6. The number of methoxy groups -OCH3 is 1. The summed E-state index contributed by atoms with van der Waals surface area (Å²) in [5.74, 6) is -0.568. The van der Waals surface area contributed by atoms with Gasteiger partial charge >= 0.3 is 5.97 Å². The van der Waals surface area contributed by atoms with Gasteiger partial charge in [-0.2, -0.15) is 0 Å². The van der Waals surface area contributed by atoms with Crippen molar-refractivity contribution in [2.75, 3.05) is 7.11 Å². The molecule has 190 valence electrons. The molecule has 37 heavy (non-hydrogen) atoms. The largest absolute Gasteiger partial charge is 0.497 e. The molecule has 1 atom stereocenters. The van der Waals surface area contributed by atoms with Gasteiger partial charge in [-0.1, -0.05) is 54.6 Å². The molecule has 1 amide bonds. The van der Waals surface area contributed by atoms with E-state index in [1.165, 1.54) is 12.1 Å². The zero-order valence-corrected chi connectivity index (χ0v) is 21.0. The van der Waals surface area contributed by atoms with Crippen molar-refractivity contribution in [1.82, 2.24) is 9.88 Å². The predicted molar refractivity (Wildman–Crippen MR) is 140 cm³/mol. The summed E-state index contributed by atoms with van der Waals surface area (Å²) in [6.07, 6.45) is 1.89. The molecule has 1 heterocycles. The number of halogens is 1. The summed E-state index contributed by atoms with van der Waals surface area (Å²) in [6, 6.07) is 22.1. The molecule has 7 heteroatoms. The van der Waals surface area contributed by atoms with Crippen LogP contribution in [-0.2, 0) is 22.7 Å². The van der Waals surface area contributed by atoms with Gasteiger partial charge in [0.1, 0.15) is 29.9 Å². The Morgan fingerprint density at radius 3 is 2.27 bits per heavy atom. The standard InChI is InChI=1S/C30H29FN2O4/c1-20-17-33(18-22-9-13-25(31)14-10-22)28(27(20)24-11-15-26(36-3)16-12-24)29(34)32-21(2)30(35)37-19-23-7-5-4-6-8-23/h4-17,21H,18-19H2,1-3H3,(H,32,34). The first-order chi connectivity index (χ1) is 17.9. The Morgan fingerprint density at radius 1 is 0.946 bits per heavy atom. The molecule has 6 nitrogen and oxygen atoms in total. The summed E-state index contributed by atoms with van der Waals surface area (Å²) in [5.41, 5.74) is 4.56. The smallest absolute Gasteiger partial charge is 0.328 e. The summed E-state index contributed by atoms with van der Waals surface area (Å²) in [5, 5.41) is 2.79. The molecule has 0 aliphatic carbocycles. The summed E-state index contributed by atoms with van der Waals surface area (Å²) >= 11 is 0. The Kier molecular flexibility index (Phi) is 8.03. The molecule has 0 aliphatic rings. The molecule has 0 radical (unpaired) electrons. The lowest BCUT2D eigenvalue weighted by Crippen LogP contribution is -2.40. The average molecular weight is 501 g/mol. The van der Waals surface area contributed by atoms with E-state index < -0.39 is 17.9 Å². The zero-order chi connectivity index (χ0) is 26.4. The van der Waals surface area contributed by atoms with Crippen LogP contribution in [-0.4, -0.2) is 29.6 Å². The van der Waals surface area contributed by atoms with E-state index in [-0.39, 0.29) is 12.4 Å². The van der Waals surface area contributed by atoms with Crippen LogP contribution in [0.15, 0.2) is 85.1 Å². The van der Waals surface area contributed by atoms with Gasteiger partial charge < -0.3 is 19.4 Å². The van der Waals surface area contributed by atoms with Crippen LogP contribution in [0.2, 0.25) is 0 Å². The number of nitrogens with zero attached hydrogens (tertiary/aromatic N) is 1. The maximum atomic E-state index is 13.6. The number of hydrogen-bond donors (Lipinski definition) is 1. The van der Waals surface area contributed by atoms with Crippen molar-refractivity contribution in [2.45, 2.75) is 33.0 Å². The van der Waals surface area contributed by atoms with Crippen molar-refractivity contribution in [1.29, 1.82) is 0 Å². The second-order valence-corrected chi connectivity index (χ2v) is 8.81. The number of amides is 1. The number of benzene rings is 3. The molecule has 4 aromatic rings. The molecule has 0 fully saturated rings. The molecule has 0 saturated heterocycles. The second-order valence-electron chi connectivity index (χ2n) is 8.81. The SMILES string of the molecule is COc1ccc(-c2c(C)cn(Cc3ccc(F)cc3)c2C(=O)NC(C)C(=O)OCc2ccccc2)cc1. The molecular formula is C30H29FN2O4. The second kappa shape index (κ2) is 11.6. The maximum Gasteiger partial charge on any atom is 0.328 e. The van der Waals surface area contributed by atoms with E-state index in [9.17, 15) is 14.0 Å². The molecule has 1 unspecified atom stereocenters. The van der Waals surface area contributed by atoms with Crippen LogP contribution in [0.25, 0.3) is 11.1 Å². The highest BCUT2D eigenvalue weighted by Crippen LogP contribution is 2.31. The van der Waals surface area contributed by atoms with Crippen LogP contribution in [0.3, 0.4) is 0 Å². The quantitative estimate of drug-likeness (QED) is 0.307. The number of esters is 1. The normalized spacial score (nSPS) is 11.6. The summed E-state index contributed by atoms with van der Waals surface area (Å²) in [7, 11) is 1.59. The first-order valence-electron chi connectivity index (χ1n) is 12.0. The van der Waals surface area contributed by atoms with Crippen molar-refractivity contribution in [3.63, 3.8) is 0 Å². The summed E-state index contributed by atoms with van der Waals surface area (Å²) < 4.78 is 25.9. The Morgan fingerprint density at radius 2 is 1.62 bits per heavy atom. The van der Waals surface area contributed by atoms with E-state index in [0.717, 1.165) is 27.8 Å². The van der Waals surface area contributed by atoms with Crippen molar-refractivity contribution < 1.29 is 23.5 Å². The van der Waals surface area contributed by atoms with Crippen molar-refractivity contribution in [2.24, 2.45) is 0 Å². The van der Waals surface area contributed by atoms with Crippen LogP contribution >= 0.6 is 0 Å². The highest BCUT2D eigenvalue weighted by atomic mass is 19.1. The fourth-order valence-electron chi connectivity index (χ4n) is 4.15. The lowest BCUT2D eigenvalue weighted by Gasteiger charge is -2.17. The molecule has 0 aliphatic heterocycles. The van der Waals surface area contributed by atoms with Crippen molar-refractivity contribution in [3.8, 4) is 16.9 Å². The third kappa shape index (κ3) is 6.25. The Labute approximate surface area is 215 Å². The number of rotatable bonds is 9. The highest BCUT2D eigenvalue weighted by molar-refractivity contribution is 6.02. The minimum absolute atomic E-state index is 0.122. The lowest BCUT2D eigenvalue weighted by atomic mass is 10.0. The van der Waals surface area contributed by atoms with Gasteiger partial charge in [-0.05, 0) is 60.4 Å². The van der Waals surface area contributed by atoms with Crippen LogP contribution < -0.4 is 10.1 Å². The lowest BCUT2D eigenvalue weighted by molar-refractivity contribution is -0.146. The predicted octanol–water partition coefficient (Wildman–Crippen LogP) is 5.52. The first-order valence-corrected chi connectivity index (χ1v) is 12.0. The van der Waals surface area contributed by atoms with E-state index in [4.69, 9.17) is 9.47 Å². The molecule has 3 aromatic carbocycles. The fraction of sp³-hybridized carbons (Fsp3) is 0.200. The van der Waals surface area contributed by atoms with Gasteiger partial charge in [0.15, 0.2) is 0 Å². The number of hydrogen-bond acceptors (Lipinski definition) is 4. The minimum atomic E-state index is -0.866. The molecule has 4 rings (SSSR count). The van der Waals surface area contributed by atoms with Crippen LogP contribution in [0.4, 0.5) is 4.39 Å². The Hall–Kier alpha value is -4.39. The van der Waals surface area contributed by atoms with Crippen LogP contribution in [0.5, 0.6) is 5.75 Å². The minimum Gasteiger partial charge on any atom is -0.497 e. The highest BCUT2D eigenvalue weighted by Gasteiger charge is 2.25. The van der Waals surface area contributed by atoms with Crippen molar-refractivity contribution in [3.05, 3.63) is 113 Å². The number of aromatic nitrogens is 1. The number of nitrogens with one attached hydrogen (secondary N) is 1. The number of carbonyl (C=O) groups excluding carboxylic acids is 2.